The fraction of sp³-hybridized carbons (Fsp3) is 0.174. The van der Waals surface area contributed by atoms with E-state index in [0.717, 1.165) is 19.9 Å². The number of rotatable bonds is 7. The molecule has 3 aromatic carbocycles. The van der Waals surface area contributed by atoms with E-state index in [-0.39, 0.29) is 18.0 Å². The lowest BCUT2D eigenvalue weighted by Crippen LogP contribution is -2.37. The number of carbonyl (C=O) groups excluding carboxylic acids is 1. The van der Waals surface area contributed by atoms with Gasteiger partial charge in [0.2, 0.25) is 15.9 Å². The van der Waals surface area contributed by atoms with Gasteiger partial charge in [0.25, 0.3) is 0 Å². The van der Waals surface area contributed by atoms with E-state index in [1.165, 1.54) is 12.1 Å². The van der Waals surface area contributed by atoms with Crippen molar-refractivity contribution < 1.29 is 13.2 Å². The summed E-state index contributed by atoms with van der Waals surface area (Å²) in [7, 11) is -3.94. The molecular weight excluding hydrogens is 500 g/mol. The molecule has 0 fully saturated rings. The third-order valence-electron chi connectivity index (χ3n) is 4.58. The highest BCUT2D eigenvalue weighted by molar-refractivity contribution is 9.10. The molecular formula is C23H22BrClN2O3S. The van der Waals surface area contributed by atoms with Crippen molar-refractivity contribution in [3.8, 4) is 0 Å². The van der Waals surface area contributed by atoms with E-state index in [9.17, 15) is 13.2 Å². The molecule has 0 bridgehead atoms. The number of benzene rings is 3. The lowest BCUT2D eigenvalue weighted by atomic mass is 10.1. The van der Waals surface area contributed by atoms with Gasteiger partial charge in [-0.3, -0.25) is 4.79 Å². The van der Waals surface area contributed by atoms with Gasteiger partial charge in [0, 0.05) is 21.7 Å². The standard InChI is InChI=1S/C23H22BrClN2O3S/c1-16-11-17(2)13-20(12-16)26-23(28)15-27(14-18-5-3-4-6-22(18)25)31(29,30)21-9-7-19(24)8-10-21/h3-13H,14-15H2,1-2H3,(H,26,28). The molecule has 8 heteroatoms. The van der Waals surface area contributed by atoms with Crippen molar-refractivity contribution in [1.82, 2.24) is 4.31 Å². The van der Waals surface area contributed by atoms with Crippen LogP contribution in [0.4, 0.5) is 5.69 Å². The van der Waals surface area contributed by atoms with Crippen LogP contribution in [0.2, 0.25) is 5.02 Å². The normalized spacial score (nSPS) is 11.5. The van der Waals surface area contributed by atoms with Gasteiger partial charge in [-0.15, -0.1) is 0 Å². The molecule has 0 aliphatic carbocycles. The summed E-state index contributed by atoms with van der Waals surface area (Å²) >= 11 is 9.57. The van der Waals surface area contributed by atoms with Gasteiger partial charge in [-0.25, -0.2) is 8.42 Å². The molecule has 0 heterocycles. The van der Waals surface area contributed by atoms with Crippen LogP contribution in [0, 0.1) is 13.8 Å². The Morgan fingerprint density at radius 1 is 1.00 bits per heavy atom. The van der Waals surface area contributed by atoms with E-state index in [2.05, 4.69) is 21.2 Å². The Balaban J connectivity index is 1.90. The molecule has 31 heavy (non-hydrogen) atoms. The van der Waals surface area contributed by atoms with Crippen LogP contribution in [0.3, 0.4) is 0 Å². The molecule has 0 aliphatic rings. The SMILES string of the molecule is Cc1cc(C)cc(NC(=O)CN(Cc2ccccc2Cl)S(=O)(=O)c2ccc(Br)cc2)c1. The van der Waals surface area contributed by atoms with Crippen molar-refractivity contribution >= 4 is 49.1 Å². The second-order valence-corrected chi connectivity index (χ2v) is 10.5. The Morgan fingerprint density at radius 2 is 1.61 bits per heavy atom. The minimum atomic E-state index is -3.94. The number of nitrogens with zero attached hydrogens (tertiary/aromatic N) is 1. The highest BCUT2D eigenvalue weighted by Crippen LogP contribution is 2.24. The monoisotopic (exact) mass is 520 g/mol. The van der Waals surface area contributed by atoms with Crippen LogP contribution in [0.25, 0.3) is 0 Å². The van der Waals surface area contributed by atoms with Gasteiger partial charge in [0.15, 0.2) is 0 Å². The molecule has 5 nitrogen and oxygen atoms in total. The summed E-state index contributed by atoms with van der Waals surface area (Å²) in [5, 5.41) is 3.24. The summed E-state index contributed by atoms with van der Waals surface area (Å²) in [5.41, 5.74) is 3.25. The summed E-state index contributed by atoms with van der Waals surface area (Å²) in [6, 6.07) is 19.0. The predicted molar refractivity (Wildman–Crippen MR) is 128 cm³/mol. The zero-order valence-electron chi connectivity index (χ0n) is 17.1. The fourth-order valence-electron chi connectivity index (χ4n) is 3.21. The number of anilines is 1. The highest BCUT2D eigenvalue weighted by atomic mass is 79.9. The smallest absolute Gasteiger partial charge is 0.243 e. The first-order valence-electron chi connectivity index (χ1n) is 9.52. The summed E-state index contributed by atoms with van der Waals surface area (Å²) in [6.07, 6.45) is 0. The van der Waals surface area contributed by atoms with Crippen molar-refractivity contribution in [3.63, 3.8) is 0 Å². The Hall–Kier alpha value is -2.19. The quantitative estimate of drug-likeness (QED) is 0.443. The largest absolute Gasteiger partial charge is 0.325 e. The van der Waals surface area contributed by atoms with E-state index < -0.39 is 15.9 Å². The number of hydrogen-bond acceptors (Lipinski definition) is 3. The maximum Gasteiger partial charge on any atom is 0.243 e. The Bertz CT molecular complexity index is 1180. The molecule has 0 atom stereocenters. The zero-order chi connectivity index (χ0) is 22.6. The van der Waals surface area contributed by atoms with Crippen molar-refractivity contribution in [2.24, 2.45) is 0 Å². The third-order valence-corrected chi connectivity index (χ3v) is 7.28. The van der Waals surface area contributed by atoms with Gasteiger partial charge in [-0.1, -0.05) is 51.8 Å². The molecule has 0 spiro atoms. The maximum absolute atomic E-state index is 13.3. The second-order valence-electron chi connectivity index (χ2n) is 7.24. The summed E-state index contributed by atoms with van der Waals surface area (Å²) < 4.78 is 28.6. The van der Waals surface area contributed by atoms with Crippen molar-refractivity contribution in [1.29, 1.82) is 0 Å². The van der Waals surface area contributed by atoms with Crippen LogP contribution in [0.5, 0.6) is 0 Å². The molecule has 0 saturated carbocycles. The molecule has 0 aromatic heterocycles. The molecule has 0 aliphatic heterocycles. The number of sulfonamides is 1. The van der Waals surface area contributed by atoms with E-state index in [4.69, 9.17) is 11.6 Å². The van der Waals surface area contributed by atoms with Crippen LogP contribution >= 0.6 is 27.5 Å². The Kier molecular flexibility index (Phi) is 7.54. The maximum atomic E-state index is 13.3. The van der Waals surface area contributed by atoms with E-state index >= 15 is 0 Å². The van der Waals surface area contributed by atoms with Gasteiger partial charge >= 0.3 is 0 Å². The number of carbonyl (C=O) groups is 1. The van der Waals surface area contributed by atoms with Crippen molar-refractivity contribution in [3.05, 3.63) is 92.9 Å². The first kappa shape index (κ1) is 23.5. The van der Waals surface area contributed by atoms with Crippen LogP contribution in [-0.4, -0.2) is 25.2 Å². The van der Waals surface area contributed by atoms with Crippen molar-refractivity contribution in [2.45, 2.75) is 25.3 Å². The first-order chi connectivity index (χ1) is 14.6. The molecule has 0 radical (unpaired) electrons. The first-order valence-corrected chi connectivity index (χ1v) is 12.1. The topological polar surface area (TPSA) is 66.5 Å². The lowest BCUT2D eigenvalue weighted by molar-refractivity contribution is -0.116. The van der Waals surface area contributed by atoms with Gasteiger partial charge < -0.3 is 5.32 Å². The minimum Gasteiger partial charge on any atom is -0.325 e. The van der Waals surface area contributed by atoms with Crippen LogP contribution in [0.15, 0.2) is 76.1 Å². The number of nitrogens with one attached hydrogen (secondary N) is 1. The average molecular weight is 522 g/mol. The molecule has 0 saturated heterocycles. The summed E-state index contributed by atoms with van der Waals surface area (Å²) in [5.74, 6) is -0.433. The number of halogens is 2. The number of hydrogen-bond donors (Lipinski definition) is 1. The molecule has 3 rings (SSSR count). The van der Waals surface area contributed by atoms with Gasteiger partial charge in [-0.2, -0.15) is 4.31 Å². The number of aryl methyl sites for hydroxylation is 2. The van der Waals surface area contributed by atoms with Gasteiger partial charge in [0.1, 0.15) is 0 Å². The zero-order valence-corrected chi connectivity index (χ0v) is 20.3. The van der Waals surface area contributed by atoms with E-state index in [1.54, 1.807) is 36.4 Å². The van der Waals surface area contributed by atoms with E-state index in [0.29, 0.717) is 16.3 Å². The van der Waals surface area contributed by atoms with Crippen LogP contribution in [-0.2, 0) is 21.4 Å². The molecule has 1 N–H and O–H groups in total. The van der Waals surface area contributed by atoms with E-state index in [1.807, 2.05) is 32.0 Å². The second kappa shape index (κ2) is 9.96. The molecule has 0 unspecified atom stereocenters. The molecule has 162 valence electrons. The summed E-state index contributed by atoms with van der Waals surface area (Å²) in [6.45, 7) is 3.49. The molecule has 1 amide bonds. The highest BCUT2D eigenvalue weighted by Gasteiger charge is 2.27. The van der Waals surface area contributed by atoms with Crippen molar-refractivity contribution in [2.75, 3.05) is 11.9 Å². The lowest BCUT2D eigenvalue weighted by Gasteiger charge is -2.22. The van der Waals surface area contributed by atoms with Gasteiger partial charge in [-0.05, 0) is 73.0 Å². The van der Waals surface area contributed by atoms with Crippen LogP contribution < -0.4 is 5.32 Å². The average Bonchev–Trinajstić information content (AvgIpc) is 2.68. The number of amides is 1. The minimum absolute atomic E-state index is 0.0294. The third kappa shape index (κ3) is 6.17. The predicted octanol–water partition coefficient (Wildman–Crippen LogP) is 5.55. The Labute approximate surface area is 196 Å². The molecule has 3 aromatic rings. The fourth-order valence-corrected chi connectivity index (χ4v) is 5.04. The van der Waals surface area contributed by atoms with Crippen LogP contribution in [0.1, 0.15) is 16.7 Å². The summed E-state index contributed by atoms with van der Waals surface area (Å²) in [4.78, 5) is 12.9. The van der Waals surface area contributed by atoms with Gasteiger partial charge in [0.05, 0.1) is 11.4 Å². The Morgan fingerprint density at radius 3 is 2.23 bits per heavy atom.